The Morgan fingerprint density at radius 2 is 2.37 bits per heavy atom. The molecule has 1 amide bonds. The van der Waals surface area contributed by atoms with E-state index < -0.39 is 0 Å². The van der Waals surface area contributed by atoms with Gasteiger partial charge in [-0.05, 0) is 43.3 Å². The van der Waals surface area contributed by atoms with E-state index in [-0.39, 0.29) is 18.0 Å². The lowest BCUT2D eigenvalue weighted by molar-refractivity contribution is -0.134. The molecule has 2 heterocycles. The molecule has 1 aliphatic heterocycles. The lowest BCUT2D eigenvalue weighted by Crippen LogP contribution is -2.45. The van der Waals surface area contributed by atoms with Gasteiger partial charge in [0.25, 0.3) is 0 Å². The third-order valence-electron chi connectivity index (χ3n) is 3.85. The lowest BCUT2D eigenvalue weighted by Gasteiger charge is -2.32. The van der Waals surface area contributed by atoms with E-state index in [0.717, 1.165) is 19.4 Å². The lowest BCUT2D eigenvalue weighted by atomic mass is 10.1. The van der Waals surface area contributed by atoms with Gasteiger partial charge in [-0.25, -0.2) is 0 Å². The fourth-order valence-electron chi connectivity index (χ4n) is 2.84. The Labute approximate surface area is 119 Å². The summed E-state index contributed by atoms with van der Waals surface area (Å²) in [6.07, 6.45) is 2.02. The standard InChI is InChI=1S/C14H23N3OS/c1-10-6-8-19-13(10)12(9-15)17-7-4-5-11(17)14(18)16(2)3/h6,8,11-12H,4-5,7,9,15H2,1-3H3. The van der Waals surface area contributed by atoms with Crippen LogP contribution in [-0.4, -0.2) is 48.9 Å². The van der Waals surface area contributed by atoms with Crippen molar-refractivity contribution in [2.24, 2.45) is 5.73 Å². The number of nitrogens with zero attached hydrogens (tertiary/aromatic N) is 2. The summed E-state index contributed by atoms with van der Waals surface area (Å²) in [6.45, 7) is 3.65. The third-order valence-corrected chi connectivity index (χ3v) is 4.97. The normalized spacial score (nSPS) is 21.6. The quantitative estimate of drug-likeness (QED) is 0.912. The number of likely N-dealkylation sites (N-methyl/N-ethyl adjacent to an activating group) is 1. The van der Waals surface area contributed by atoms with E-state index in [1.165, 1.54) is 10.4 Å². The molecule has 0 bridgehead atoms. The maximum Gasteiger partial charge on any atom is 0.239 e. The molecule has 1 aromatic heterocycles. The van der Waals surface area contributed by atoms with Gasteiger partial charge in [-0.15, -0.1) is 11.3 Å². The van der Waals surface area contributed by atoms with E-state index in [1.54, 1.807) is 16.2 Å². The second kappa shape index (κ2) is 6.03. The molecule has 106 valence electrons. The highest BCUT2D eigenvalue weighted by atomic mass is 32.1. The van der Waals surface area contributed by atoms with Crippen LogP contribution in [0.3, 0.4) is 0 Å². The van der Waals surface area contributed by atoms with Crippen LogP contribution in [0.15, 0.2) is 11.4 Å². The number of likely N-dealkylation sites (tertiary alicyclic amines) is 1. The molecular weight excluding hydrogens is 258 g/mol. The maximum atomic E-state index is 12.3. The molecule has 0 saturated carbocycles. The molecule has 1 aromatic rings. The van der Waals surface area contributed by atoms with Crippen LogP contribution in [0.5, 0.6) is 0 Å². The summed E-state index contributed by atoms with van der Waals surface area (Å²) in [7, 11) is 3.65. The summed E-state index contributed by atoms with van der Waals surface area (Å²) < 4.78 is 0. The summed E-state index contributed by atoms with van der Waals surface area (Å²) >= 11 is 1.74. The van der Waals surface area contributed by atoms with E-state index in [4.69, 9.17) is 5.73 Å². The van der Waals surface area contributed by atoms with E-state index in [1.807, 2.05) is 14.1 Å². The number of carbonyl (C=O) groups is 1. The summed E-state index contributed by atoms with van der Waals surface area (Å²) in [4.78, 5) is 17.6. The van der Waals surface area contributed by atoms with Crippen LogP contribution < -0.4 is 5.73 Å². The van der Waals surface area contributed by atoms with Crippen molar-refractivity contribution in [3.8, 4) is 0 Å². The topological polar surface area (TPSA) is 49.6 Å². The van der Waals surface area contributed by atoms with Gasteiger partial charge in [0.15, 0.2) is 0 Å². The second-order valence-corrected chi connectivity index (χ2v) is 6.30. The Balaban J connectivity index is 2.23. The van der Waals surface area contributed by atoms with Gasteiger partial charge in [0.05, 0.1) is 12.1 Å². The zero-order valence-corrected chi connectivity index (χ0v) is 12.7. The number of carbonyl (C=O) groups excluding carboxylic acids is 1. The fourth-order valence-corrected chi connectivity index (χ4v) is 3.91. The van der Waals surface area contributed by atoms with Crippen molar-refractivity contribution in [1.82, 2.24) is 9.80 Å². The number of hydrogen-bond acceptors (Lipinski definition) is 4. The van der Waals surface area contributed by atoms with Crippen LogP contribution in [0, 0.1) is 6.92 Å². The van der Waals surface area contributed by atoms with E-state index in [2.05, 4.69) is 23.3 Å². The van der Waals surface area contributed by atoms with Crippen LogP contribution in [0.4, 0.5) is 0 Å². The molecule has 0 aromatic carbocycles. The highest BCUT2D eigenvalue weighted by Gasteiger charge is 2.36. The molecule has 2 unspecified atom stereocenters. The zero-order chi connectivity index (χ0) is 14.0. The SMILES string of the molecule is Cc1ccsc1C(CN)N1CCCC1C(=O)N(C)C. The van der Waals surface area contributed by atoms with Crippen LogP contribution in [-0.2, 0) is 4.79 Å². The number of amides is 1. The van der Waals surface area contributed by atoms with E-state index in [0.29, 0.717) is 6.54 Å². The highest BCUT2D eigenvalue weighted by molar-refractivity contribution is 7.10. The molecule has 2 rings (SSSR count). The molecule has 19 heavy (non-hydrogen) atoms. The molecule has 5 heteroatoms. The number of rotatable bonds is 4. The molecule has 0 aliphatic carbocycles. The van der Waals surface area contributed by atoms with Gasteiger partial charge in [0.1, 0.15) is 0 Å². The molecule has 1 saturated heterocycles. The average molecular weight is 281 g/mol. The molecule has 2 N–H and O–H groups in total. The largest absolute Gasteiger partial charge is 0.347 e. The number of nitrogens with two attached hydrogens (primary N) is 1. The van der Waals surface area contributed by atoms with Crippen LogP contribution in [0.2, 0.25) is 0 Å². The third kappa shape index (κ3) is 2.83. The molecule has 1 fully saturated rings. The molecule has 4 nitrogen and oxygen atoms in total. The Kier molecular flexibility index (Phi) is 4.60. The Hall–Kier alpha value is -0.910. The Morgan fingerprint density at radius 3 is 2.89 bits per heavy atom. The van der Waals surface area contributed by atoms with Crippen molar-refractivity contribution < 1.29 is 4.79 Å². The van der Waals surface area contributed by atoms with Crippen molar-refractivity contribution in [3.05, 3.63) is 21.9 Å². The van der Waals surface area contributed by atoms with Crippen molar-refractivity contribution in [1.29, 1.82) is 0 Å². The van der Waals surface area contributed by atoms with Crippen molar-refractivity contribution in [3.63, 3.8) is 0 Å². The minimum absolute atomic E-state index is 0.00921. The monoisotopic (exact) mass is 281 g/mol. The summed E-state index contributed by atoms with van der Waals surface area (Å²) in [6, 6.07) is 2.29. The predicted molar refractivity (Wildman–Crippen MR) is 79.3 cm³/mol. The number of hydrogen-bond donors (Lipinski definition) is 1. The molecule has 1 aliphatic rings. The average Bonchev–Trinajstić information content (AvgIpc) is 3.00. The van der Waals surface area contributed by atoms with Crippen LogP contribution in [0.1, 0.15) is 29.3 Å². The second-order valence-electron chi connectivity index (χ2n) is 5.35. The minimum atomic E-state index is -0.00921. The van der Waals surface area contributed by atoms with Crippen molar-refractivity contribution >= 4 is 17.2 Å². The molecule has 0 spiro atoms. The van der Waals surface area contributed by atoms with Gasteiger partial charge >= 0.3 is 0 Å². The maximum absolute atomic E-state index is 12.3. The highest BCUT2D eigenvalue weighted by Crippen LogP contribution is 2.33. The zero-order valence-electron chi connectivity index (χ0n) is 11.9. The fraction of sp³-hybridized carbons (Fsp3) is 0.643. The van der Waals surface area contributed by atoms with E-state index in [9.17, 15) is 4.79 Å². The summed E-state index contributed by atoms with van der Waals surface area (Å²) in [5, 5.41) is 2.10. The van der Waals surface area contributed by atoms with Gasteiger partial charge in [-0.2, -0.15) is 0 Å². The van der Waals surface area contributed by atoms with Gasteiger partial charge in [0.2, 0.25) is 5.91 Å². The molecule has 0 radical (unpaired) electrons. The van der Waals surface area contributed by atoms with Gasteiger partial charge < -0.3 is 10.6 Å². The molecule has 2 atom stereocenters. The molecular formula is C14H23N3OS. The van der Waals surface area contributed by atoms with Crippen LogP contribution in [0.25, 0.3) is 0 Å². The smallest absolute Gasteiger partial charge is 0.239 e. The first-order valence-corrected chi connectivity index (χ1v) is 7.65. The predicted octanol–water partition coefficient (Wildman–Crippen LogP) is 1.61. The van der Waals surface area contributed by atoms with Crippen LogP contribution >= 0.6 is 11.3 Å². The van der Waals surface area contributed by atoms with Crippen molar-refractivity contribution in [2.75, 3.05) is 27.2 Å². The van der Waals surface area contributed by atoms with Crippen molar-refractivity contribution in [2.45, 2.75) is 31.8 Å². The minimum Gasteiger partial charge on any atom is -0.347 e. The Morgan fingerprint density at radius 1 is 1.63 bits per heavy atom. The first kappa shape index (κ1) is 14.5. The van der Waals surface area contributed by atoms with Gasteiger partial charge in [-0.3, -0.25) is 9.69 Å². The number of thiophene rings is 1. The first-order chi connectivity index (χ1) is 9.06. The Bertz CT molecular complexity index is 444. The van der Waals surface area contributed by atoms with Gasteiger partial charge in [-0.1, -0.05) is 0 Å². The van der Waals surface area contributed by atoms with E-state index >= 15 is 0 Å². The summed E-state index contributed by atoms with van der Waals surface area (Å²) in [5.74, 6) is 0.199. The number of aryl methyl sites for hydroxylation is 1. The summed E-state index contributed by atoms with van der Waals surface area (Å²) in [5.41, 5.74) is 7.27. The first-order valence-electron chi connectivity index (χ1n) is 6.77. The van der Waals surface area contributed by atoms with Gasteiger partial charge in [0, 0.05) is 25.5 Å².